The maximum atomic E-state index is 12.7. The van der Waals surface area contributed by atoms with Gasteiger partial charge in [0.1, 0.15) is 11.4 Å². The molecule has 2 aromatic carbocycles. The van der Waals surface area contributed by atoms with Crippen LogP contribution in [-0.4, -0.2) is 24.7 Å². The number of hydrogen-bond acceptors (Lipinski definition) is 3. The highest BCUT2D eigenvalue weighted by atomic mass is 16.5. The summed E-state index contributed by atoms with van der Waals surface area (Å²) in [5.74, 6) is 0.691. The molecule has 0 fully saturated rings. The molecule has 0 unspecified atom stereocenters. The van der Waals surface area contributed by atoms with Crippen molar-refractivity contribution in [3.05, 3.63) is 36.4 Å². The third-order valence-corrected chi connectivity index (χ3v) is 4.15. The second-order valence-corrected chi connectivity index (χ2v) is 6.46. The first kappa shape index (κ1) is 18.3. The topological polar surface area (TPSA) is 47.6 Å². The molecule has 0 spiro atoms. The van der Waals surface area contributed by atoms with Gasteiger partial charge in [-0.05, 0) is 39.3 Å². The van der Waals surface area contributed by atoms with Gasteiger partial charge in [-0.25, -0.2) is 0 Å². The number of nitrogens with one attached hydrogen (secondary N) is 1. The van der Waals surface area contributed by atoms with E-state index < -0.39 is 5.60 Å². The molecule has 0 saturated carbocycles. The lowest BCUT2D eigenvalue weighted by atomic mass is 9.98. The maximum Gasteiger partial charge on any atom is 0.256 e. The van der Waals surface area contributed by atoms with Crippen molar-refractivity contribution in [2.45, 2.75) is 52.2 Å². The predicted molar refractivity (Wildman–Crippen MR) is 98.7 cm³/mol. The van der Waals surface area contributed by atoms with Gasteiger partial charge in [-0.1, -0.05) is 37.6 Å². The molecule has 4 heteroatoms. The number of fused-ring (bicyclic) bond motifs is 1. The minimum Gasteiger partial charge on any atom is -0.490 e. The van der Waals surface area contributed by atoms with Crippen LogP contribution in [0.15, 0.2) is 36.4 Å². The molecule has 0 heterocycles. The summed E-state index contributed by atoms with van der Waals surface area (Å²) in [4.78, 5) is 12.7. The Kier molecular flexibility index (Phi) is 5.84. The number of amides is 1. The molecule has 0 aliphatic carbocycles. The fraction of sp³-hybridized carbons (Fsp3) is 0.450. The van der Waals surface area contributed by atoms with Crippen LogP contribution in [0.1, 0.15) is 40.5 Å². The minimum absolute atomic E-state index is 0.0928. The maximum absolute atomic E-state index is 12.7. The molecule has 1 atom stereocenters. The number of ether oxygens (including phenoxy) is 2. The van der Waals surface area contributed by atoms with Crippen molar-refractivity contribution in [2.24, 2.45) is 0 Å². The largest absolute Gasteiger partial charge is 0.490 e. The molecule has 4 nitrogen and oxygen atoms in total. The third-order valence-electron chi connectivity index (χ3n) is 4.15. The molecule has 1 N–H and O–H groups in total. The van der Waals surface area contributed by atoms with Gasteiger partial charge in [-0.3, -0.25) is 4.79 Å². The van der Waals surface area contributed by atoms with Crippen LogP contribution in [0.3, 0.4) is 0 Å². The van der Waals surface area contributed by atoms with Crippen molar-refractivity contribution >= 4 is 22.4 Å². The Hall–Kier alpha value is -2.07. The average Bonchev–Trinajstić information content (AvgIpc) is 2.56. The normalized spacial score (nSPS) is 13.8. The monoisotopic (exact) mass is 329 g/mol. The zero-order valence-electron chi connectivity index (χ0n) is 15.2. The van der Waals surface area contributed by atoms with Crippen LogP contribution in [0.2, 0.25) is 0 Å². The van der Waals surface area contributed by atoms with Crippen LogP contribution < -0.4 is 10.1 Å². The van der Waals surface area contributed by atoms with E-state index in [9.17, 15) is 4.79 Å². The molecule has 0 radical (unpaired) electrons. The van der Waals surface area contributed by atoms with Crippen LogP contribution in [0.4, 0.5) is 5.69 Å². The first-order chi connectivity index (χ1) is 11.4. The van der Waals surface area contributed by atoms with Crippen molar-refractivity contribution in [2.75, 3.05) is 12.4 Å². The molecule has 0 aliphatic rings. The van der Waals surface area contributed by atoms with E-state index in [2.05, 4.69) is 5.32 Å². The van der Waals surface area contributed by atoms with E-state index in [4.69, 9.17) is 9.47 Å². The molecule has 2 rings (SSSR count). The fourth-order valence-electron chi connectivity index (χ4n) is 2.78. The Morgan fingerprint density at radius 2 is 1.83 bits per heavy atom. The highest BCUT2D eigenvalue weighted by Gasteiger charge is 2.32. The highest BCUT2D eigenvalue weighted by Crippen LogP contribution is 2.33. The minimum atomic E-state index is -0.830. The number of hydrogen-bond donors (Lipinski definition) is 1. The predicted octanol–water partition coefficient (Wildman–Crippen LogP) is 4.77. The van der Waals surface area contributed by atoms with Gasteiger partial charge >= 0.3 is 0 Å². The highest BCUT2D eigenvalue weighted by molar-refractivity contribution is 6.06. The Labute approximate surface area is 144 Å². The Balaban J connectivity index is 2.38. The zero-order chi connectivity index (χ0) is 17.7. The van der Waals surface area contributed by atoms with Gasteiger partial charge in [-0.15, -0.1) is 0 Å². The van der Waals surface area contributed by atoms with Crippen molar-refractivity contribution in [3.8, 4) is 5.75 Å². The summed E-state index contributed by atoms with van der Waals surface area (Å²) >= 11 is 0. The van der Waals surface area contributed by atoms with Crippen LogP contribution in [-0.2, 0) is 9.53 Å². The van der Waals surface area contributed by atoms with E-state index in [0.29, 0.717) is 6.42 Å². The van der Waals surface area contributed by atoms with Crippen LogP contribution >= 0.6 is 0 Å². The number of anilines is 1. The van der Waals surface area contributed by atoms with Gasteiger partial charge in [0.15, 0.2) is 0 Å². The van der Waals surface area contributed by atoms with E-state index >= 15 is 0 Å². The third kappa shape index (κ3) is 3.88. The Morgan fingerprint density at radius 3 is 2.42 bits per heavy atom. The summed E-state index contributed by atoms with van der Waals surface area (Å²) in [6.45, 7) is 7.86. The van der Waals surface area contributed by atoms with E-state index in [-0.39, 0.29) is 12.0 Å². The molecular weight excluding hydrogens is 302 g/mol. The average molecular weight is 329 g/mol. The van der Waals surface area contributed by atoms with Gasteiger partial charge in [0, 0.05) is 23.6 Å². The molecule has 24 heavy (non-hydrogen) atoms. The molecule has 2 aromatic rings. The Bertz CT molecular complexity index is 711. The molecule has 1 amide bonds. The molecule has 0 aliphatic heterocycles. The zero-order valence-corrected chi connectivity index (χ0v) is 15.2. The van der Waals surface area contributed by atoms with Crippen molar-refractivity contribution < 1.29 is 14.3 Å². The van der Waals surface area contributed by atoms with Crippen molar-refractivity contribution in [1.29, 1.82) is 0 Å². The number of carbonyl (C=O) groups excluding carboxylic acids is 1. The fourth-order valence-corrected chi connectivity index (χ4v) is 2.78. The van der Waals surface area contributed by atoms with Crippen molar-refractivity contribution in [1.82, 2.24) is 0 Å². The van der Waals surface area contributed by atoms with E-state index in [1.165, 1.54) is 0 Å². The first-order valence-electron chi connectivity index (χ1n) is 8.46. The van der Waals surface area contributed by atoms with Crippen LogP contribution in [0.25, 0.3) is 10.8 Å². The smallest absolute Gasteiger partial charge is 0.256 e. The van der Waals surface area contributed by atoms with E-state index in [0.717, 1.165) is 28.6 Å². The molecule has 0 bridgehead atoms. The summed E-state index contributed by atoms with van der Waals surface area (Å²) in [6.07, 6.45) is 1.64. The number of methoxy groups -OCH3 is 1. The summed E-state index contributed by atoms with van der Waals surface area (Å²) in [6, 6.07) is 11.7. The number of benzene rings is 2. The molecular formula is C20H27NO3. The van der Waals surface area contributed by atoms with Crippen molar-refractivity contribution in [3.63, 3.8) is 0 Å². The van der Waals surface area contributed by atoms with Gasteiger partial charge in [-0.2, -0.15) is 0 Å². The molecule has 0 saturated heterocycles. The molecule has 130 valence electrons. The first-order valence-corrected chi connectivity index (χ1v) is 8.46. The second kappa shape index (κ2) is 7.67. The summed E-state index contributed by atoms with van der Waals surface area (Å²) in [7, 11) is 1.58. The van der Waals surface area contributed by atoms with Gasteiger partial charge in [0.05, 0.1) is 6.10 Å². The second-order valence-electron chi connectivity index (χ2n) is 6.46. The van der Waals surface area contributed by atoms with Gasteiger partial charge < -0.3 is 14.8 Å². The lowest BCUT2D eigenvalue weighted by molar-refractivity contribution is -0.136. The van der Waals surface area contributed by atoms with Gasteiger partial charge in [0.25, 0.3) is 5.91 Å². The van der Waals surface area contributed by atoms with Crippen LogP contribution in [0, 0.1) is 0 Å². The summed E-state index contributed by atoms with van der Waals surface area (Å²) in [5.41, 5.74) is -0.0609. The quantitative estimate of drug-likeness (QED) is 0.796. The number of carbonyl (C=O) groups is 1. The lowest BCUT2D eigenvalue weighted by Gasteiger charge is -2.26. The van der Waals surface area contributed by atoms with Crippen LogP contribution in [0.5, 0.6) is 5.75 Å². The van der Waals surface area contributed by atoms with Gasteiger partial charge in [0.2, 0.25) is 0 Å². The standard InChI is InChI=1S/C20H27NO3/c1-6-13-20(4,23-5)19(22)21-17-11-12-18(24-14(2)3)16-10-8-7-9-15(16)17/h7-12,14H,6,13H2,1-5H3,(H,21,22)/t20-/m1/s1. The Morgan fingerprint density at radius 1 is 1.17 bits per heavy atom. The van der Waals surface area contributed by atoms with E-state index in [1.54, 1.807) is 7.11 Å². The number of rotatable bonds is 7. The summed E-state index contributed by atoms with van der Waals surface area (Å²) in [5, 5.41) is 4.96. The SMILES string of the molecule is CCC[C@@](C)(OC)C(=O)Nc1ccc(OC(C)C)c2ccccc12. The van der Waals surface area contributed by atoms with E-state index in [1.807, 2.05) is 64.1 Å². The lowest BCUT2D eigenvalue weighted by Crippen LogP contribution is -2.41. The molecule has 0 aromatic heterocycles. The summed E-state index contributed by atoms with van der Waals surface area (Å²) < 4.78 is 11.3.